The second-order valence-corrected chi connectivity index (χ2v) is 6.25. The first-order valence-corrected chi connectivity index (χ1v) is 7.12. The lowest BCUT2D eigenvalue weighted by Gasteiger charge is -2.32. The van der Waals surface area contributed by atoms with Gasteiger partial charge in [-0.2, -0.15) is 10.5 Å². The van der Waals surface area contributed by atoms with Crippen molar-refractivity contribution in [3.8, 4) is 12.1 Å². The summed E-state index contributed by atoms with van der Waals surface area (Å²) >= 11 is 0. The first-order valence-electron chi connectivity index (χ1n) is 7.12. The first-order chi connectivity index (χ1) is 10.7. The van der Waals surface area contributed by atoms with E-state index in [0.29, 0.717) is 5.69 Å². The summed E-state index contributed by atoms with van der Waals surface area (Å²) < 4.78 is 25.8. The number of nitrogens with one attached hydrogen (secondary N) is 1. The van der Waals surface area contributed by atoms with Crippen LogP contribution in [0.4, 0.5) is 10.1 Å². The van der Waals surface area contributed by atoms with Gasteiger partial charge >= 0.3 is 7.12 Å². The highest BCUT2D eigenvalue weighted by Crippen LogP contribution is 2.36. The minimum atomic E-state index is -0.822. The van der Waals surface area contributed by atoms with E-state index in [-0.39, 0.29) is 11.0 Å². The van der Waals surface area contributed by atoms with Crippen LogP contribution < -0.4 is 10.8 Å². The van der Waals surface area contributed by atoms with Crippen LogP contribution in [-0.4, -0.2) is 18.3 Å². The summed E-state index contributed by atoms with van der Waals surface area (Å²) in [6.45, 7) is 7.56. The highest BCUT2D eigenvalue weighted by molar-refractivity contribution is 6.62. The zero-order valence-electron chi connectivity index (χ0n) is 13.5. The summed E-state index contributed by atoms with van der Waals surface area (Å²) in [5.41, 5.74) is -0.423. The van der Waals surface area contributed by atoms with Crippen molar-refractivity contribution in [2.75, 3.05) is 5.32 Å². The van der Waals surface area contributed by atoms with Crippen molar-refractivity contribution >= 4 is 18.3 Å². The fraction of sp³-hybridized carbons (Fsp3) is 0.375. The molecule has 1 saturated heterocycles. The molecule has 0 bridgehead atoms. The van der Waals surface area contributed by atoms with Crippen molar-refractivity contribution in [1.29, 1.82) is 10.5 Å². The van der Waals surface area contributed by atoms with E-state index in [9.17, 15) is 4.39 Å². The Morgan fingerprint density at radius 2 is 1.74 bits per heavy atom. The molecule has 23 heavy (non-hydrogen) atoms. The molecule has 1 fully saturated rings. The number of anilines is 1. The molecular weight excluding hydrogens is 296 g/mol. The highest BCUT2D eigenvalue weighted by Gasteiger charge is 2.52. The van der Waals surface area contributed by atoms with Crippen LogP contribution in [-0.2, 0) is 9.31 Å². The van der Waals surface area contributed by atoms with Crippen LogP contribution in [0.2, 0.25) is 0 Å². The number of nitriles is 2. The average molecular weight is 313 g/mol. The zero-order chi connectivity index (χ0) is 17.3. The van der Waals surface area contributed by atoms with Crippen molar-refractivity contribution in [2.45, 2.75) is 38.9 Å². The summed E-state index contributed by atoms with van der Waals surface area (Å²) in [6.07, 6.45) is 1.27. The molecule has 1 aromatic rings. The van der Waals surface area contributed by atoms with Gasteiger partial charge in [0.05, 0.1) is 11.2 Å². The lowest BCUT2D eigenvalue weighted by molar-refractivity contribution is 0.00578. The van der Waals surface area contributed by atoms with Crippen molar-refractivity contribution < 1.29 is 13.7 Å². The molecule has 5 nitrogen and oxygen atoms in total. The van der Waals surface area contributed by atoms with Crippen LogP contribution in [0.1, 0.15) is 27.7 Å². The Kier molecular flexibility index (Phi) is 4.47. The summed E-state index contributed by atoms with van der Waals surface area (Å²) in [4.78, 5) is 0. The number of rotatable bonds is 3. The van der Waals surface area contributed by atoms with E-state index in [1.807, 2.05) is 27.7 Å². The maximum Gasteiger partial charge on any atom is 0.497 e. The van der Waals surface area contributed by atoms with Crippen molar-refractivity contribution in [3.05, 3.63) is 35.8 Å². The van der Waals surface area contributed by atoms with Crippen LogP contribution in [0.5, 0.6) is 0 Å². The number of hydrogen-bond donors (Lipinski definition) is 1. The van der Waals surface area contributed by atoms with Crippen molar-refractivity contribution in [3.63, 3.8) is 0 Å². The van der Waals surface area contributed by atoms with Gasteiger partial charge in [-0.05, 0) is 45.9 Å². The summed E-state index contributed by atoms with van der Waals surface area (Å²) in [7, 11) is -0.822. The standard InChI is InChI=1S/C16H17BFN3O2/c1-15(2)16(3,4)23-17(22-15)13-7-12(5-6-14(13)18)21-10-11(8-19)9-20/h5-7,10,21H,1-4H3. The molecule has 118 valence electrons. The molecule has 1 N–H and O–H groups in total. The Bertz CT molecular complexity index is 700. The largest absolute Gasteiger partial charge is 0.497 e. The average Bonchev–Trinajstić information content (AvgIpc) is 2.70. The molecule has 0 amide bonds. The molecular formula is C16H17BFN3O2. The fourth-order valence-electron chi connectivity index (χ4n) is 2.03. The molecule has 7 heteroatoms. The van der Waals surface area contributed by atoms with Crippen LogP contribution in [0.3, 0.4) is 0 Å². The van der Waals surface area contributed by atoms with Crippen LogP contribution in [0.25, 0.3) is 0 Å². The molecule has 0 aromatic heterocycles. The lowest BCUT2D eigenvalue weighted by atomic mass is 9.78. The molecule has 1 aliphatic rings. The molecule has 0 aliphatic carbocycles. The topological polar surface area (TPSA) is 78.1 Å². The van der Waals surface area contributed by atoms with Gasteiger partial charge in [-0.15, -0.1) is 0 Å². The third kappa shape index (κ3) is 3.37. The Morgan fingerprint density at radius 3 is 2.26 bits per heavy atom. The number of hydrogen-bond acceptors (Lipinski definition) is 5. The second-order valence-electron chi connectivity index (χ2n) is 6.25. The predicted molar refractivity (Wildman–Crippen MR) is 85.0 cm³/mol. The van der Waals surface area contributed by atoms with Crippen molar-refractivity contribution in [2.24, 2.45) is 0 Å². The van der Waals surface area contributed by atoms with E-state index in [4.69, 9.17) is 19.8 Å². The fourth-order valence-corrected chi connectivity index (χ4v) is 2.03. The van der Waals surface area contributed by atoms with Crippen molar-refractivity contribution in [1.82, 2.24) is 0 Å². The molecule has 1 aromatic carbocycles. The van der Waals surface area contributed by atoms with Gasteiger partial charge < -0.3 is 14.6 Å². The molecule has 1 heterocycles. The SMILES string of the molecule is CC1(C)OB(c2cc(NC=C(C#N)C#N)ccc2F)OC1(C)C. The Labute approximate surface area is 135 Å². The monoisotopic (exact) mass is 313 g/mol. The molecule has 0 spiro atoms. The molecule has 0 unspecified atom stereocenters. The normalized spacial score (nSPS) is 18.0. The van der Waals surface area contributed by atoms with Gasteiger partial charge in [-0.3, -0.25) is 0 Å². The molecule has 0 atom stereocenters. The van der Waals surface area contributed by atoms with Gasteiger partial charge in [0.25, 0.3) is 0 Å². The van der Waals surface area contributed by atoms with E-state index < -0.39 is 24.1 Å². The van der Waals surface area contributed by atoms with E-state index in [1.165, 1.54) is 18.3 Å². The van der Waals surface area contributed by atoms with Gasteiger partial charge in [0, 0.05) is 17.4 Å². The maximum absolute atomic E-state index is 14.1. The minimum absolute atomic E-state index is 0.0773. The molecule has 1 aliphatic heterocycles. The predicted octanol–water partition coefficient (Wildman–Crippen LogP) is 2.47. The van der Waals surface area contributed by atoms with E-state index in [0.717, 1.165) is 0 Å². The Balaban J connectivity index is 2.28. The number of nitrogens with zero attached hydrogens (tertiary/aromatic N) is 2. The van der Waals surface area contributed by atoms with E-state index in [2.05, 4.69) is 5.32 Å². The van der Waals surface area contributed by atoms with Gasteiger partial charge in [0.1, 0.15) is 23.5 Å². The smallest absolute Gasteiger partial charge is 0.399 e. The second kappa shape index (κ2) is 6.04. The van der Waals surface area contributed by atoms with Gasteiger partial charge in [0.15, 0.2) is 0 Å². The summed E-state index contributed by atoms with van der Waals surface area (Å²) in [5, 5.41) is 20.2. The van der Waals surface area contributed by atoms with Crippen LogP contribution >= 0.6 is 0 Å². The number of benzene rings is 1. The number of halogens is 1. The number of allylic oxidation sites excluding steroid dienone is 1. The van der Waals surface area contributed by atoms with Gasteiger partial charge in [-0.25, -0.2) is 4.39 Å². The quantitative estimate of drug-likeness (QED) is 0.685. The summed E-state index contributed by atoms with van der Waals surface area (Å²) in [6, 6.07) is 7.81. The minimum Gasteiger partial charge on any atom is -0.399 e. The molecule has 2 rings (SSSR count). The molecule has 0 radical (unpaired) electrons. The van der Waals surface area contributed by atoms with Crippen LogP contribution in [0.15, 0.2) is 30.0 Å². The molecule has 0 saturated carbocycles. The maximum atomic E-state index is 14.1. The third-order valence-corrected chi connectivity index (χ3v) is 4.13. The van der Waals surface area contributed by atoms with Gasteiger partial charge in [-0.1, -0.05) is 0 Å². The van der Waals surface area contributed by atoms with Gasteiger partial charge in [0.2, 0.25) is 0 Å². The summed E-state index contributed by atoms with van der Waals surface area (Å²) in [5.74, 6) is -0.446. The van der Waals surface area contributed by atoms with E-state index in [1.54, 1.807) is 18.2 Å². The Morgan fingerprint density at radius 1 is 1.17 bits per heavy atom. The van der Waals surface area contributed by atoms with Crippen LogP contribution in [0, 0.1) is 28.5 Å². The third-order valence-electron chi connectivity index (χ3n) is 4.13. The van der Waals surface area contributed by atoms with E-state index >= 15 is 0 Å². The lowest BCUT2D eigenvalue weighted by Crippen LogP contribution is -2.41. The Hall–Kier alpha value is -2.35. The first kappa shape index (κ1) is 17.0. The zero-order valence-corrected chi connectivity index (χ0v) is 13.5. The highest BCUT2D eigenvalue weighted by atomic mass is 19.1.